The van der Waals surface area contributed by atoms with Crippen molar-refractivity contribution >= 4 is 29.5 Å². The van der Waals surface area contributed by atoms with Gasteiger partial charge in [0.2, 0.25) is 5.91 Å². The van der Waals surface area contributed by atoms with Crippen molar-refractivity contribution < 1.29 is 44.4 Å². The Hall–Kier alpha value is -2.99. The number of fused-ring (bicyclic) bond motifs is 3. The molecule has 176 valence electrons. The van der Waals surface area contributed by atoms with Crippen molar-refractivity contribution in [2.45, 2.75) is 29.8 Å². The maximum absolute atomic E-state index is 13.7. The number of benzene rings is 1. The molecule has 8 atom stereocenters. The van der Waals surface area contributed by atoms with Gasteiger partial charge in [-0.1, -0.05) is 12.1 Å². The largest absolute Gasteiger partial charge is 0.508 e. The molecule has 3 aliphatic rings. The van der Waals surface area contributed by atoms with Gasteiger partial charge < -0.3 is 26.2 Å². The van der Waals surface area contributed by atoms with Crippen LogP contribution in [0.3, 0.4) is 0 Å². The molecule has 0 bridgehead atoms. The zero-order valence-electron chi connectivity index (χ0n) is 17.8. The fraction of sp³-hybridized carbons (Fsp3) is 0.500. The van der Waals surface area contributed by atoms with Gasteiger partial charge >= 0.3 is 0 Å². The van der Waals surface area contributed by atoms with Crippen LogP contribution in [0.5, 0.6) is 5.75 Å². The monoisotopic (exact) mass is 460 g/mol. The number of phenols is 1. The van der Waals surface area contributed by atoms with Gasteiger partial charge in [-0.25, -0.2) is 0 Å². The number of nitrogens with two attached hydrogens (primary N) is 1. The van der Waals surface area contributed by atoms with Crippen molar-refractivity contribution in [1.29, 1.82) is 0 Å². The molecule has 2 saturated carbocycles. The number of primary amides is 1. The van der Waals surface area contributed by atoms with E-state index in [1.165, 1.54) is 37.2 Å². The number of hydrogen-bond acceptors (Lipinski definition) is 10. The van der Waals surface area contributed by atoms with Gasteiger partial charge in [0.15, 0.2) is 40.8 Å². The second kappa shape index (κ2) is 7.26. The molecule has 0 saturated heterocycles. The van der Waals surface area contributed by atoms with Crippen molar-refractivity contribution in [2.24, 2.45) is 29.4 Å². The summed E-state index contributed by atoms with van der Waals surface area (Å²) < 4.78 is 0. The van der Waals surface area contributed by atoms with E-state index in [-0.39, 0.29) is 29.6 Å². The Morgan fingerprint density at radius 3 is 2.33 bits per heavy atom. The van der Waals surface area contributed by atoms with Crippen molar-refractivity contribution in [2.75, 3.05) is 14.1 Å². The van der Waals surface area contributed by atoms with E-state index in [1.54, 1.807) is 0 Å². The minimum atomic E-state index is -2.98. The first-order chi connectivity index (χ1) is 15.3. The van der Waals surface area contributed by atoms with Crippen LogP contribution in [0.1, 0.15) is 11.1 Å². The van der Waals surface area contributed by atoms with Crippen LogP contribution < -0.4 is 5.73 Å². The number of carbonyl (C=O) groups is 5. The molecule has 1 aromatic carbocycles. The Labute approximate surface area is 187 Å². The van der Waals surface area contributed by atoms with Crippen LogP contribution in [-0.2, 0) is 36.0 Å². The molecule has 6 N–H and O–H groups in total. The summed E-state index contributed by atoms with van der Waals surface area (Å²) in [6, 6.07) is 2.53. The molecule has 2 unspecified atom stereocenters. The number of nitrogens with zero attached hydrogens (tertiary/aromatic N) is 1. The number of likely N-dealkylation sites (N-methyl/N-ethyl adjacent to an activating group) is 1. The van der Waals surface area contributed by atoms with Crippen LogP contribution in [0.4, 0.5) is 0 Å². The molecule has 3 aliphatic carbocycles. The first kappa shape index (κ1) is 23.2. The quantitative estimate of drug-likeness (QED) is 0.230. The fourth-order valence-electron chi connectivity index (χ4n) is 6.05. The van der Waals surface area contributed by atoms with Gasteiger partial charge in [0, 0.05) is 17.4 Å². The van der Waals surface area contributed by atoms with Gasteiger partial charge in [0.1, 0.15) is 5.75 Å². The maximum Gasteiger partial charge on any atom is 0.235 e. The summed E-state index contributed by atoms with van der Waals surface area (Å²) in [5.74, 6) is -12.2. The van der Waals surface area contributed by atoms with E-state index in [1.807, 2.05) is 0 Å². The molecular formula is C22H24N2O9. The smallest absolute Gasteiger partial charge is 0.235 e. The topological polar surface area (TPSA) is 196 Å². The zero-order chi connectivity index (χ0) is 24.6. The molecule has 0 heterocycles. The summed E-state index contributed by atoms with van der Waals surface area (Å²) in [5, 5.41) is 44.5. The first-order valence-electron chi connectivity index (χ1n) is 10.3. The number of hydrogen-bond donors (Lipinski definition) is 5. The lowest BCUT2D eigenvalue weighted by molar-refractivity contribution is -0.214. The predicted octanol–water partition coefficient (Wildman–Crippen LogP) is -2.96. The lowest BCUT2D eigenvalue weighted by Gasteiger charge is -2.57. The lowest BCUT2D eigenvalue weighted by atomic mass is 9.48. The fourth-order valence-corrected chi connectivity index (χ4v) is 6.05. The van der Waals surface area contributed by atoms with E-state index in [0.29, 0.717) is 0 Å². The van der Waals surface area contributed by atoms with Gasteiger partial charge in [0.05, 0.1) is 18.1 Å². The highest BCUT2D eigenvalue weighted by Crippen LogP contribution is 2.55. The van der Waals surface area contributed by atoms with Gasteiger partial charge in [0.25, 0.3) is 0 Å². The number of aliphatic hydroxyl groups is 3. The highest BCUT2D eigenvalue weighted by atomic mass is 16.3. The van der Waals surface area contributed by atoms with Crippen LogP contribution >= 0.6 is 0 Å². The SMILES string of the molecule is CN(C)[C@@H]1C(=O)C(C(N)=O)C(=O)[C@@]2(O)C(=O)C3Cc4c(O)cccc4[C@](O)(C=O)[C@H]3[C@H](O)[C@@H]12. The summed E-state index contributed by atoms with van der Waals surface area (Å²) in [7, 11) is 2.78. The minimum absolute atomic E-state index is 0.0269. The lowest BCUT2D eigenvalue weighted by Crippen LogP contribution is -2.78. The van der Waals surface area contributed by atoms with Crippen molar-refractivity contribution in [1.82, 2.24) is 4.90 Å². The third kappa shape index (κ3) is 2.73. The number of ketones is 3. The zero-order valence-corrected chi connectivity index (χ0v) is 17.8. The molecule has 4 rings (SSSR count). The summed E-state index contributed by atoms with van der Waals surface area (Å²) in [4.78, 5) is 65.2. The average Bonchev–Trinajstić information content (AvgIpc) is 2.74. The van der Waals surface area contributed by atoms with E-state index >= 15 is 0 Å². The second-order valence-electron chi connectivity index (χ2n) is 9.24. The standard InChI is InChI=1S/C22H24N2O9/c1-24(2)15-14-17(28)13-9(6-8-10(21(13,32)7-25)4-3-5-11(8)26)18(29)22(14,33)19(30)12(16(15)27)20(23)31/h3-5,7,9,12-15,17,26,28,32-33H,6H2,1-2H3,(H2,23,31)/t9?,12?,13-,14-,15+,17+,21-,22+/m1/s1. The Bertz CT molecular complexity index is 1100. The normalized spacial score (nSPS) is 40.1. The van der Waals surface area contributed by atoms with Crippen molar-refractivity contribution in [3.05, 3.63) is 29.3 Å². The highest BCUT2D eigenvalue weighted by molar-refractivity contribution is 6.30. The Balaban J connectivity index is 1.98. The van der Waals surface area contributed by atoms with Crippen molar-refractivity contribution in [3.8, 4) is 5.75 Å². The second-order valence-corrected chi connectivity index (χ2v) is 9.24. The molecule has 2 fully saturated rings. The summed E-state index contributed by atoms with van der Waals surface area (Å²) in [6.07, 6.45) is -2.06. The van der Waals surface area contributed by atoms with E-state index in [9.17, 15) is 44.4 Å². The van der Waals surface area contributed by atoms with Gasteiger partial charge in [-0.2, -0.15) is 0 Å². The first-order valence-corrected chi connectivity index (χ1v) is 10.3. The summed E-state index contributed by atoms with van der Waals surface area (Å²) >= 11 is 0. The number of rotatable bonds is 3. The molecule has 0 aliphatic heterocycles. The molecule has 33 heavy (non-hydrogen) atoms. The van der Waals surface area contributed by atoms with E-state index in [0.717, 1.165) is 0 Å². The molecule has 0 spiro atoms. The molecule has 0 aromatic heterocycles. The van der Waals surface area contributed by atoms with Gasteiger partial charge in [-0.05, 0) is 32.1 Å². The highest BCUT2D eigenvalue weighted by Gasteiger charge is 2.73. The van der Waals surface area contributed by atoms with Gasteiger partial charge in [-0.3, -0.25) is 28.9 Å². The number of aromatic hydroxyl groups is 1. The molecule has 1 aromatic rings. The number of Topliss-reactive ketones (excluding diaryl/α,β-unsaturated/α-hetero) is 3. The Morgan fingerprint density at radius 1 is 1.15 bits per heavy atom. The van der Waals surface area contributed by atoms with E-state index < -0.39 is 70.3 Å². The number of aldehydes is 1. The molecular weight excluding hydrogens is 436 g/mol. The van der Waals surface area contributed by atoms with Crippen LogP contribution in [0.25, 0.3) is 0 Å². The third-order valence-corrected chi connectivity index (χ3v) is 7.45. The Kier molecular flexibility index (Phi) is 5.10. The van der Waals surface area contributed by atoms with Crippen molar-refractivity contribution in [3.63, 3.8) is 0 Å². The van der Waals surface area contributed by atoms with Crippen LogP contribution in [0.2, 0.25) is 0 Å². The van der Waals surface area contributed by atoms with Crippen LogP contribution in [0.15, 0.2) is 18.2 Å². The molecule has 0 radical (unpaired) electrons. The summed E-state index contributed by atoms with van der Waals surface area (Å²) in [6.45, 7) is 0. The number of aliphatic hydroxyl groups excluding tert-OH is 1. The van der Waals surface area contributed by atoms with E-state index in [2.05, 4.69) is 0 Å². The third-order valence-electron chi connectivity index (χ3n) is 7.45. The predicted molar refractivity (Wildman–Crippen MR) is 108 cm³/mol. The molecule has 11 nitrogen and oxygen atoms in total. The minimum Gasteiger partial charge on any atom is -0.508 e. The summed E-state index contributed by atoms with van der Waals surface area (Å²) in [5.41, 5.74) is -0.171. The molecule has 11 heteroatoms. The molecule has 1 amide bonds. The van der Waals surface area contributed by atoms with Gasteiger partial charge in [-0.15, -0.1) is 0 Å². The van der Waals surface area contributed by atoms with E-state index in [4.69, 9.17) is 5.73 Å². The van der Waals surface area contributed by atoms with Crippen LogP contribution in [-0.4, -0.2) is 86.7 Å². The average molecular weight is 460 g/mol. The van der Waals surface area contributed by atoms with Crippen LogP contribution in [0, 0.1) is 23.7 Å². The number of phenolic OH excluding ortho intramolecular Hbond substituents is 1. The number of carbonyl (C=O) groups excluding carboxylic acids is 5. The maximum atomic E-state index is 13.7. The Morgan fingerprint density at radius 2 is 1.79 bits per heavy atom. The number of amides is 1.